The van der Waals surface area contributed by atoms with Gasteiger partial charge in [-0.3, -0.25) is 33.6 Å². The monoisotopic (exact) mass is 1040 g/mol. The van der Waals surface area contributed by atoms with Crippen molar-refractivity contribution in [3.8, 4) is 23.0 Å². The Bertz CT molecular complexity index is 3350. The lowest BCUT2D eigenvalue weighted by atomic mass is 9.90. The summed E-state index contributed by atoms with van der Waals surface area (Å²) in [5.41, 5.74) is 8.48. The van der Waals surface area contributed by atoms with Crippen LogP contribution in [0.1, 0.15) is 91.4 Å². The normalized spacial score (nSPS) is 20.3. The molecule has 6 aliphatic heterocycles. The Labute approximate surface area is 439 Å². The number of piperazine rings is 1. The van der Waals surface area contributed by atoms with Crippen molar-refractivity contribution in [2.24, 2.45) is 13.0 Å². The van der Waals surface area contributed by atoms with Crippen LogP contribution >= 0.6 is 0 Å². The van der Waals surface area contributed by atoms with Gasteiger partial charge in [0, 0.05) is 146 Å². The molecule has 0 bridgehead atoms. The van der Waals surface area contributed by atoms with E-state index in [1.165, 1.54) is 9.13 Å². The number of aromatic nitrogens is 6. The number of nitrogens with zero attached hydrogens (tertiary/aromatic N) is 11. The Hall–Kier alpha value is -7.08. The van der Waals surface area contributed by atoms with Gasteiger partial charge in [0.2, 0.25) is 11.8 Å². The zero-order chi connectivity index (χ0) is 52.2. The predicted octanol–water partition coefficient (Wildman–Crippen LogP) is 5.79. The number of imidazole rings is 2. The summed E-state index contributed by atoms with van der Waals surface area (Å²) < 4.78 is 44.4. The summed E-state index contributed by atoms with van der Waals surface area (Å²) in [5.74, 6) is 7.13. The number of urea groups is 1. The van der Waals surface area contributed by atoms with E-state index in [1.807, 2.05) is 45.8 Å². The molecule has 20 heteroatoms. The molecule has 6 aliphatic rings. The van der Waals surface area contributed by atoms with Gasteiger partial charge in [-0.25, -0.2) is 23.4 Å². The van der Waals surface area contributed by atoms with Gasteiger partial charge < -0.3 is 34.1 Å². The van der Waals surface area contributed by atoms with Gasteiger partial charge in [0.25, 0.3) is 6.43 Å². The highest BCUT2D eigenvalue weighted by molar-refractivity contribution is 6.00. The third kappa shape index (κ3) is 9.29. The van der Waals surface area contributed by atoms with E-state index in [9.17, 15) is 19.2 Å². The van der Waals surface area contributed by atoms with Gasteiger partial charge in [0.05, 0.1) is 41.4 Å². The molecule has 0 spiro atoms. The van der Waals surface area contributed by atoms with Crippen molar-refractivity contribution in [2.75, 3.05) is 95.5 Å². The maximum Gasteiger partial charge on any atom is 0.329 e. The minimum atomic E-state index is -2.73. The standard InChI is InChI=1S/C56H65F2N13O5/c1-59-55(74)68-22-14-44-43(34-68)53(62-71(44)39-15-28-76-29-16-39)69-19-5-8-38-30-40(42(52(57)58)31-47(38)69)41-32-49-60-17-23-67(49)35-48(41)66-20-12-36(13-21-66)33-65-26-24-64(25-27-65)18-4-7-37-6-3-9-45-51(37)63(2)56(75)70(45)46-10-11-50(72)61-54(46)73/h3,6,9,17,23,30-32,35-36,39,46,52H,5,8,10-16,18-22,24-29,33-34H2,1-2H3,(H,59,74)(H,61,72,73). The minimum Gasteiger partial charge on any atom is -0.381 e. The van der Waals surface area contributed by atoms with Gasteiger partial charge in [-0.15, -0.1) is 0 Å². The number of hydrogen-bond acceptors (Lipinski definition) is 11. The summed E-state index contributed by atoms with van der Waals surface area (Å²) in [7, 11) is 3.33. The second kappa shape index (κ2) is 20.8. The van der Waals surface area contributed by atoms with Crippen molar-refractivity contribution in [2.45, 2.75) is 82.8 Å². The Morgan fingerprint density at radius 3 is 2.49 bits per heavy atom. The zero-order valence-corrected chi connectivity index (χ0v) is 43.3. The fraction of sp³-hybridized carbons (Fsp3) is 0.500. The number of alkyl halides is 2. The van der Waals surface area contributed by atoms with Crippen LogP contribution in [0.4, 0.5) is 30.8 Å². The highest BCUT2D eigenvalue weighted by Crippen LogP contribution is 2.46. The summed E-state index contributed by atoms with van der Waals surface area (Å²) >= 11 is 0. The number of amides is 4. The van der Waals surface area contributed by atoms with E-state index in [-0.39, 0.29) is 42.1 Å². The van der Waals surface area contributed by atoms with Crippen molar-refractivity contribution in [1.29, 1.82) is 0 Å². The minimum absolute atomic E-state index is 0.0152. The molecular formula is C56H65F2N13O5. The van der Waals surface area contributed by atoms with Gasteiger partial charge in [-0.2, -0.15) is 5.10 Å². The van der Waals surface area contributed by atoms with Gasteiger partial charge in [-0.05, 0) is 92.3 Å². The number of para-hydroxylation sites is 1. The molecule has 4 fully saturated rings. The van der Waals surface area contributed by atoms with Crippen molar-refractivity contribution in [1.82, 2.24) is 53.6 Å². The first-order valence-electron chi connectivity index (χ1n) is 27.1. The summed E-state index contributed by atoms with van der Waals surface area (Å²) in [6, 6.07) is 10.5. The average molecular weight is 1040 g/mol. The van der Waals surface area contributed by atoms with E-state index in [0.29, 0.717) is 74.0 Å². The summed E-state index contributed by atoms with van der Waals surface area (Å²) in [5, 5.41) is 10.5. The average Bonchev–Trinajstić information content (AvgIpc) is 4.24. The maximum atomic E-state index is 15.7. The Morgan fingerprint density at radius 1 is 0.908 bits per heavy atom. The number of piperidine rings is 2. The van der Waals surface area contributed by atoms with Crippen LogP contribution in [0.15, 0.2) is 59.8 Å². The lowest BCUT2D eigenvalue weighted by Gasteiger charge is -2.39. The molecule has 1 atom stereocenters. The number of carbonyl (C=O) groups excluding carboxylic acids is 3. The van der Waals surface area contributed by atoms with E-state index in [2.05, 4.69) is 57.9 Å². The lowest BCUT2D eigenvalue weighted by molar-refractivity contribution is -0.135. The first kappa shape index (κ1) is 49.8. The van der Waals surface area contributed by atoms with Crippen molar-refractivity contribution < 1.29 is 27.9 Å². The van der Waals surface area contributed by atoms with Crippen LogP contribution in [0.3, 0.4) is 0 Å². The molecule has 1 unspecified atom stereocenters. The van der Waals surface area contributed by atoms with Crippen LogP contribution in [-0.2, 0) is 40.8 Å². The number of pyridine rings is 1. The first-order valence-corrected chi connectivity index (χ1v) is 27.1. The topological polar surface area (TPSA) is 163 Å². The Balaban J connectivity index is 0.731. The Morgan fingerprint density at radius 2 is 1.71 bits per heavy atom. The molecule has 4 amide bonds. The molecule has 12 rings (SSSR count). The number of hydrogen-bond donors (Lipinski definition) is 2. The maximum absolute atomic E-state index is 15.7. The number of imide groups is 1. The first-order chi connectivity index (χ1) is 37.0. The molecule has 2 aromatic carbocycles. The van der Waals surface area contributed by atoms with Crippen molar-refractivity contribution in [3.05, 3.63) is 93.4 Å². The number of fused-ring (bicyclic) bond motifs is 4. The van der Waals surface area contributed by atoms with E-state index < -0.39 is 18.4 Å². The summed E-state index contributed by atoms with van der Waals surface area (Å²) in [4.78, 5) is 66.7. The number of aryl methyl sites for hydroxylation is 2. The molecule has 0 radical (unpaired) electrons. The van der Waals surface area contributed by atoms with Gasteiger partial charge >= 0.3 is 11.7 Å². The van der Waals surface area contributed by atoms with E-state index in [4.69, 9.17) is 9.84 Å². The van der Waals surface area contributed by atoms with Crippen LogP contribution in [0.2, 0.25) is 0 Å². The molecule has 398 valence electrons. The van der Waals surface area contributed by atoms with Gasteiger partial charge in [-0.1, -0.05) is 17.9 Å². The highest BCUT2D eigenvalue weighted by atomic mass is 19.3. The van der Waals surface area contributed by atoms with E-state index in [0.717, 1.165) is 129 Å². The van der Waals surface area contributed by atoms with Crippen LogP contribution in [-0.4, -0.2) is 147 Å². The fourth-order valence-electron chi connectivity index (χ4n) is 12.8. The van der Waals surface area contributed by atoms with E-state index in [1.54, 1.807) is 26.4 Å². The Kier molecular flexibility index (Phi) is 13.6. The molecule has 10 heterocycles. The smallest absolute Gasteiger partial charge is 0.329 e. The quantitative estimate of drug-likeness (QED) is 0.133. The lowest BCUT2D eigenvalue weighted by Crippen LogP contribution is -2.48. The van der Waals surface area contributed by atoms with Crippen LogP contribution in [0.5, 0.6) is 0 Å². The number of halogens is 2. The highest BCUT2D eigenvalue weighted by Gasteiger charge is 2.36. The summed E-state index contributed by atoms with van der Waals surface area (Å²) in [6.07, 6.45) is 9.35. The number of benzene rings is 2. The molecule has 4 aromatic heterocycles. The van der Waals surface area contributed by atoms with Crippen molar-refractivity contribution in [3.63, 3.8) is 0 Å². The second-order valence-electron chi connectivity index (χ2n) is 21.3. The number of rotatable bonds is 9. The zero-order valence-electron chi connectivity index (χ0n) is 43.3. The van der Waals surface area contributed by atoms with Crippen LogP contribution < -0.4 is 26.1 Å². The fourth-order valence-corrected chi connectivity index (χ4v) is 12.8. The SMILES string of the molecule is CNC(=O)N1CCc2c(c(N3CCCc4cc(-c5cc6nccn6cc5N5CCC(CN6CCN(CC#Cc7cccc8c7n(C)c(=O)n8C7CCC(=O)NC7=O)CC6)CC5)c(C(F)F)cc43)nn2C2CCOCC2)C1. The van der Waals surface area contributed by atoms with Gasteiger partial charge in [0.15, 0.2) is 5.82 Å². The third-order valence-corrected chi connectivity index (χ3v) is 16.8. The molecule has 76 heavy (non-hydrogen) atoms. The molecule has 18 nitrogen and oxygen atoms in total. The largest absolute Gasteiger partial charge is 0.381 e. The third-order valence-electron chi connectivity index (χ3n) is 16.8. The van der Waals surface area contributed by atoms with Gasteiger partial charge in [0.1, 0.15) is 11.7 Å². The number of ether oxygens (including phenoxy) is 1. The van der Waals surface area contributed by atoms with E-state index >= 15 is 8.78 Å². The predicted molar refractivity (Wildman–Crippen MR) is 284 cm³/mol. The molecule has 4 saturated heterocycles. The van der Waals surface area contributed by atoms with Crippen LogP contribution in [0, 0.1) is 17.8 Å². The molecule has 2 N–H and O–H groups in total. The molecule has 0 saturated carbocycles. The molecule has 0 aliphatic carbocycles. The van der Waals surface area contributed by atoms with Crippen LogP contribution in [0.25, 0.3) is 27.8 Å². The second-order valence-corrected chi connectivity index (χ2v) is 21.3. The number of carbonyl (C=O) groups is 3. The van der Waals surface area contributed by atoms with Crippen molar-refractivity contribution >= 4 is 51.7 Å². The summed E-state index contributed by atoms with van der Waals surface area (Å²) in [6.45, 7) is 9.78. The molecular weight excluding hydrogens is 973 g/mol. The molecule has 6 aromatic rings. The number of nitrogens with one attached hydrogen (secondary N) is 2. The number of anilines is 3.